The number of aryl methyl sites for hydroxylation is 1. The van der Waals surface area contributed by atoms with Crippen molar-refractivity contribution in [1.29, 1.82) is 0 Å². The van der Waals surface area contributed by atoms with Crippen LogP contribution in [-0.4, -0.2) is 52.7 Å². The van der Waals surface area contributed by atoms with Gasteiger partial charge in [0.05, 0.1) is 17.3 Å². The first-order valence-electron chi connectivity index (χ1n) is 12.5. The second-order valence-electron chi connectivity index (χ2n) is 9.82. The maximum absolute atomic E-state index is 13.9. The Hall–Kier alpha value is -3.54. The molecule has 2 aromatic rings. The Bertz CT molecular complexity index is 1170. The number of nitrogens with zero attached hydrogens (tertiary/aromatic N) is 1. The van der Waals surface area contributed by atoms with Crippen LogP contribution >= 0.6 is 11.6 Å². The summed E-state index contributed by atoms with van der Waals surface area (Å²) < 4.78 is 5.26. The molecule has 0 saturated heterocycles. The number of hydrogen-bond acceptors (Lipinski definition) is 5. The molecule has 0 heterocycles. The lowest BCUT2D eigenvalue weighted by Crippen LogP contribution is -2.54. The minimum Gasteiger partial charge on any atom is -0.444 e. The normalized spacial score (nSPS) is 12.6. The zero-order valence-corrected chi connectivity index (χ0v) is 23.3. The molecule has 3 N–H and O–H groups in total. The molecule has 0 spiro atoms. The highest BCUT2D eigenvalue weighted by atomic mass is 35.5. The van der Waals surface area contributed by atoms with E-state index in [-0.39, 0.29) is 6.54 Å². The number of para-hydroxylation sites is 1. The largest absolute Gasteiger partial charge is 0.444 e. The van der Waals surface area contributed by atoms with Gasteiger partial charge >= 0.3 is 6.09 Å². The molecule has 0 aliphatic carbocycles. The second-order valence-corrected chi connectivity index (χ2v) is 10.2. The summed E-state index contributed by atoms with van der Waals surface area (Å²) in [5.41, 5.74) is 1.20. The van der Waals surface area contributed by atoms with E-state index in [1.165, 1.54) is 4.90 Å². The molecule has 2 atom stereocenters. The number of hydrogen-bond donors (Lipinski definition) is 3. The Labute approximate surface area is 229 Å². The molecule has 38 heavy (non-hydrogen) atoms. The number of rotatable bonds is 10. The lowest BCUT2D eigenvalue weighted by atomic mass is 9.97. The van der Waals surface area contributed by atoms with Gasteiger partial charge in [0.25, 0.3) is 5.91 Å². The molecule has 2 unspecified atom stereocenters. The van der Waals surface area contributed by atoms with Gasteiger partial charge in [0.1, 0.15) is 17.7 Å². The summed E-state index contributed by atoms with van der Waals surface area (Å²) in [6.45, 7) is 8.27. The number of nitrogens with one attached hydrogen (secondary N) is 2. The number of amides is 3. The van der Waals surface area contributed by atoms with E-state index in [9.17, 15) is 19.5 Å². The maximum Gasteiger partial charge on any atom is 0.408 e. The molecular weight excluding hydrogens is 506 g/mol. The molecule has 9 heteroatoms. The fourth-order valence-electron chi connectivity index (χ4n) is 3.83. The van der Waals surface area contributed by atoms with Crippen LogP contribution in [-0.2, 0) is 14.3 Å². The molecule has 3 amide bonds. The summed E-state index contributed by atoms with van der Waals surface area (Å²) in [6.07, 6.45) is 6.18. The van der Waals surface area contributed by atoms with E-state index >= 15 is 0 Å². The molecule has 0 bridgehead atoms. The van der Waals surface area contributed by atoms with Crippen molar-refractivity contribution in [2.24, 2.45) is 0 Å². The molecule has 0 aromatic heterocycles. The number of benzene rings is 2. The van der Waals surface area contributed by atoms with E-state index in [4.69, 9.17) is 22.8 Å². The third-order valence-corrected chi connectivity index (χ3v) is 5.96. The number of alkyl carbamates (subject to hydrolysis) is 1. The van der Waals surface area contributed by atoms with E-state index < -0.39 is 42.2 Å². The summed E-state index contributed by atoms with van der Waals surface area (Å²) >= 11 is 6.37. The molecule has 2 aromatic carbocycles. The Morgan fingerprint density at radius 3 is 2.42 bits per heavy atom. The van der Waals surface area contributed by atoms with Crippen LogP contribution in [0.5, 0.6) is 0 Å². The van der Waals surface area contributed by atoms with Crippen molar-refractivity contribution in [2.45, 2.75) is 65.1 Å². The number of aliphatic hydroxyl groups excluding tert-OH is 1. The Balaban J connectivity index is 2.57. The van der Waals surface area contributed by atoms with E-state index in [0.717, 1.165) is 12.0 Å². The van der Waals surface area contributed by atoms with Crippen molar-refractivity contribution >= 4 is 35.2 Å². The van der Waals surface area contributed by atoms with Gasteiger partial charge in [-0.1, -0.05) is 61.2 Å². The average molecular weight is 542 g/mol. The standard InChI is InChI=1S/C29H36ClN3O5/c1-7-9-17-33(27(36)23(18-34)31-28(37)38-29(4,5)6)25(21-15-11-10-14-20(21)8-2)26(35)32-24-19(3)13-12-16-22(24)30/h2,10-16,23,25,34H,7,9,17-18H2,1,3-6H3,(H,31,37)(H,32,35). The third-order valence-electron chi connectivity index (χ3n) is 5.65. The van der Waals surface area contributed by atoms with Crippen molar-refractivity contribution in [1.82, 2.24) is 10.2 Å². The topological polar surface area (TPSA) is 108 Å². The zero-order chi connectivity index (χ0) is 28.5. The van der Waals surface area contributed by atoms with Crippen LogP contribution in [0.15, 0.2) is 42.5 Å². The van der Waals surface area contributed by atoms with Gasteiger partial charge in [0.15, 0.2) is 0 Å². The fraction of sp³-hybridized carbons (Fsp3) is 0.414. The van der Waals surface area contributed by atoms with Crippen molar-refractivity contribution in [3.8, 4) is 12.3 Å². The number of aliphatic hydroxyl groups is 1. The summed E-state index contributed by atoms with van der Waals surface area (Å²) in [4.78, 5) is 41.5. The van der Waals surface area contributed by atoms with Gasteiger partial charge in [-0.15, -0.1) is 6.42 Å². The van der Waals surface area contributed by atoms with Crippen LogP contribution in [0.25, 0.3) is 0 Å². The number of terminal acetylenes is 1. The summed E-state index contributed by atoms with van der Waals surface area (Å²) in [5, 5.41) is 15.7. The van der Waals surface area contributed by atoms with E-state index in [1.54, 1.807) is 70.2 Å². The SMILES string of the molecule is C#Cc1ccccc1C(C(=O)Nc1c(C)cccc1Cl)N(CCCC)C(=O)C(CO)NC(=O)OC(C)(C)C. The molecule has 2 rings (SSSR count). The summed E-state index contributed by atoms with van der Waals surface area (Å²) in [6, 6.07) is 9.53. The highest BCUT2D eigenvalue weighted by Crippen LogP contribution is 2.31. The maximum atomic E-state index is 13.9. The third kappa shape index (κ3) is 8.23. The molecule has 0 radical (unpaired) electrons. The molecule has 8 nitrogen and oxygen atoms in total. The van der Waals surface area contributed by atoms with Crippen LogP contribution < -0.4 is 10.6 Å². The van der Waals surface area contributed by atoms with Crippen LogP contribution in [0.3, 0.4) is 0 Å². The van der Waals surface area contributed by atoms with E-state index in [2.05, 4.69) is 16.6 Å². The molecule has 0 aliphatic heterocycles. The predicted octanol–water partition coefficient (Wildman–Crippen LogP) is 4.82. The number of carbonyl (C=O) groups excluding carboxylic acids is 3. The Morgan fingerprint density at radius 2 is 1.84 bits per heavy atom. The first-order chi connectivity index (χ1) is 17.9. The van der Waals surface area contributed by atoms with E-state index in [0.29, 0.717) is 28.3 Å². The lowest BCUT2D eigenvalue weighted by molar-refractivity contribution is -0.141. The molecular formula is C29H36ClN3O5. The number of anilines is 1. The second kappa shape index (κ2) is 13.8. The predicted molar refractivity (Wildman–Crippen MR) is 149 cm³/mol. The van der Waals surface area contributed by atoms with Gasteiger partial charge < -0.3 is 25.4 Å². The van der Waals surface area contributed by atoms with Gasteiger partial charge in [-0.3, -0.25) is 9.59 Å². The number of unbranched alkanes of at least 4 members (excludes halogenated alkanes) is 1. The van der Waals surface area contributed by atoms with Crippen LogP contribution in [0.2, 0.25) is 5.02 Å². The monoisotopic (exact) mass is 541 g/mol. The Kier molecular flexibility index (Phi) is 11.2. The fourth-order valence-corrected chi connectivity index (χ4v) is 4.10. The quantitative estimate of drug-likeness (QED) is 0.374. The summed E-state index contributed by atoms with van der Waals surface area (Å²) in [5.74, 6) is 1.39. The van der Waals surface area contributed by atoms with Crippen LogP contribution in [0.4, 0.5) is 10.5 Å². The minimum absolute atomic E-state index is 0.167. The summed E-state index contributed by atoms with van der Waals surface area (Å²) in [7, 11) is 0. The van der Waals surface area contributed by atoms with Crippen LogP contribution in [0.1, 0.15) is 63.3 Å². The molecule has 0 aliphatic rings. The number of halogens is 1. The zero-order valence-electron chi connectivity index (χ0n) is 22.5. The van der Waals surface area contributed by atoms with Gasteiger partial charge in [-0.25, -0.2) is 4.79 Å². The van der Waals surface area contributed by atoms with Crippen molar-refractivity contribution in [3.05, 3.63) is 64.2 Å². The van der Waals surface area contributed by atoms with Crippen molar-refractivity contribution in [2.75, 3.05) is 18.5 Å². The van der Waals surface area contributed by atoms with Crippen LogP contribution in [0, 0.1) is 19.3 Å². The first-order valence-corrected chi connectivity index (χ1v) is 12.8. The highest BCUT2D eigenvalue weighted by molar-refractivity contribution is 6.34. The first kappa shape index (κ1) is 30.7. The average Bonchev–Trinajstić information content (AvgIpc) is 2.85. The van der Waals surface area contributed by atoms with Crippen molar-refractivity contribution < 1.29 is 24.2 Å². The smallest absolute Gasteiger partial charge is 0.408 e. The number of carbonyl (C=O) groups is 3. The number of ether oxygens (including phenoxy) is 1. The minimum atomic E-state index is -1.35. The lowest BCUT2D eigenvalue weighted by Gasteiger charge is -2.34. The van der Waals surface area contributed by atoms with Gasteiger partial charge in [0, 0.05) is 12.1 Å². The van der Waals surface area contributed by atoms with Crippen molar-refractivity contribution in [3.63, 3.8) is 0 Å². The molecule has 204 valence electrons. The van der Waals surface area contributed by atoms with E-state index in [1.807, 2.05) is 6.92 Å². The Morgan fingerprint density at radius 1 is 1.16 bits per heavy atom. The molecule has 0 saturated carbocycles. The molecule has 0 fully saturated rings. The highest BCUT2D eigenvalue weighted by Gasteiger charge is 2.37. The van der Waals surface area contributed by atoms with Gasteiger partial charge in [-0.2, -0.15) is 0 Å². The van der Waals surface area contributed by atoms with Gasteiger partial charge in [0.2, 0.25) is 5.91 Å². The van der Waals surface area contributed by atoms with Gasteiger partial charge in [-0.05, 0) is 57.4 Å².